The number of rotatable bonds is 5. The third-order valence-corrected chi connectivity index (χ3v) is 4.95. The molecule has 1 heterocycles. The number of nitrogens with one attached hydrogen (secondary N) is 1. The molecule has 1 aliphatic heterocycles. The van der Waals surface area contributed by atoms with Crippen molar-refractivity contribution in [1.29, 1.82) is 0 Å². The van der Waals surface area contributed by atoms with E-state index in [1.165, 1.54) is 31.5 Å². The van der Waals surface area contributed by atoms with Crippen LogP contribution in [0, 0.1) is 11.8 Å². The maximum Gasteiger partial charge on any atom is 0.0582 e. The lowest BCUT2D eigenvalue weighted by Gasteiger charge is -2.24. The van der Waals surface area contributed by atoms with E-state index in [-0.39, 0.29) is 12.6 Å². The average molecular weight is 274 g/mol. The fraction of sp³-hybridized carbons (Fsp3) is 0.647. The van der Waals surface area contributed by atoms with Gasteiger partial charge in [0.2, 0.25) is 0 Å². The molecule has 1 saturated heterocycles. The molecular formula is C17H26N2O. The third kappa shape index (κ3) is 3.05. The molecule has 4 atom stereocenters. The molecule has 3 unspecified atom stereocenters. The van der Waals surface area contributed by atoms with Gasteiger partial charge in [0.05, 0.1) is 6.61 Å². The third-order valence-electron chi connectivity index (χ3n) is 4.95. The highest BCUT2D eigenvalue weighted by molar-refractivity contribution is 5.15. The van der Waals surface area contributed by atoms with Crippen molar-refractivity contribution in [2.24, 2.45) is 11.8 Å². The van der Waals surface area contributed by atoms with E-state index in [0.29, 0.717) is 6.04 Å². The zero-order valence-corrected chi connectivity index (χ0v) is 12.3. The molecule has 0 aromatic heterocycles. The summed E-state index contributed by atoms with van der Waals surface area (Å²) in [5.74, 6) is 1.62. The van der Waals surface area contributed by atoms with Crippen molar-refractivity contribution in [3.63, 3.8) is 0 Å². The minimum atomic E-state index is 0.224. The van der Waals surface area contributed by atoms with Crippen molar-refractivity contribution in [3.8, 4) is 0 Å². The van der Waals surface area contributed by atoms with Gasteiger partial charge >= 0.3 is 0 Å². The Labute approximate surface area is 122 Å². The lowest BCUT2D eigenvalue weighted by molar-refractivity contribution is 0.223. The van der Waals surface area contributed by atoms with E-state index >= 15 is 0 Å². The van der Waals surface area contributed by atoms with Gasteiger partial charge in [0.1, 0.15) is 0 Å². The molecule has 0 radical (unpaired) electrons. The summed E-state index contributed by atoms with van der Waals surface area (Å²) in [5.41, 5.74) is 1.42. The monoisotopic (exact) mass is 274 g/mol. The summed E-state index contributed by atoms with van der Waals surface area (Å²) in [5, 5.41) is 12.8. The summed E-state index contributed by atoms with van der Waals surface area (Å²) in [4.78, 5) is 2.60. The van der Waals surface area contributed by atoms with Crippen molar-refractivity contribution in [2.75, 3.05) is 19.7 Å². The van der Waals surface area contributed by atoms with Crippen LogP contribution in [-0.2, 0) is 6.54 Å². The highest BCUT2D eigenvalue weighted by Crippen LogP contribution is 2.38. The van der Waals surface area contributed by atoms with Crippen molar-refractivity contribution in [3.05, 3.63) is 35.9 Å². The maximum atomic E-state index is 9.21. The van der Waals surface area contributed by atoms with E-state index in [4.69, 9.17) is 0 Å². The van der Waals surface area contributed by atoms with Gasteiger partial charge in [-0.3, -0.25) is 4.90 Å². The highest BCUT2D eigenvalue weighted by atomic mass is 16.3. The van der Waals surface area contributed by atoms with Crippen molar-refractivity contribution in [1.82, 2.24) is 10.2 Å². The number of likely N-dealkylation sites (tertiary alicyclic amines) is 1. The zero-order valence-electron chi connectivity index (χ0n) is 12.3. The normalized spacial score (nSPS) is 31.4. The standard InChI is InChI=1S/C17H26N2O/c1-13(12-20)18-17-8-7-15-10-19(11-16(15)17)9-14-5-3-2-4-6-14/h2-6,13,15-18,20H,7-12H2,1H3/t13-,15?,16?,17?/m1/s1. The van der Waals surface area contributed by atoms with Crippen LogP contribution in [-0.4, -0.2) is 41.8 Å². The second kappa shape index (κ2) is 6.25. The minimum Gasteiger partial charge on any atom is -0.395 e. The Kier molecular flexibility index (Phi) is 4.39. The van der Waals surface area contributed by atoms with Crippen LogP contribution in [0.5, 0.6) is 0 Å². The summed E-state index contributed by atoms with van der Waals surface area (Å²) in [6.45, 7) is 5.84. The summed E-state index contributed by atoms with van der Waals surface area (Å²) in [7, 11) is 0. The Morgan fingerprint density at radius 3 is 2.80 bits per heavy atom. The van der Waals surface area contributed by atoms with Crippen LogP contribution in [0.15, 0.2) is 30.3 Å². The van der Waals surface area contributed by atoms with E-state index in [1.807, 2.05) is 0 Å². The van der Waals surface area contributed by atoms with E-state index in [1.54, 1.807) is 0 Å². The smallest absolute Gasteiger partial charge is 0.0582 e. The Bertz CT molecular complexity index is 422. The van der Waals surface area contributed by atoms with Gasteiger partial charge in [-0.2, -0.15) is 0 Å². The van der Waals surface area contributed by atoms with Gasteiger partial charge < -0.3 is 10.4 Å². The number of benzene rings is 1. The van der Waals surface area contributed by atoms with Gasteiger partial charge in [0, 0.05) is 31.7 Å². The molecule has 1 aromatic rings. The fourth-order valence-corrected chi connectivity index (χ4v) is 3.95. The van der Waals surface area contributed by atoms with Gasteiger partial charge in [-0.25, -0.2) is 0 Å². The van der Waals surface area contributed by atoms with E-state index in [9.17, 15) is 5.11 Å². The molecule has 1 aliphatic carbocycles. The molecule has 2 aliphatic rings. The second-order valence-corrected chi connectivity index (χ2v) is 6.54. The van der Waals surface area contributed by atoms with Crippen LogP contribution in [0.25, 0.3) is 0 Å². The highest BCUT2D eigenvalue weighted by Gasteiger charge is 2.42. The molecule has 0 spiro atoms. The Morgan fingerprint density at radius 2 is 2.05 bits per heavy atom. The molecule has 1 aromatic carbocycles. The molecule has 0 amide bonds. The molecule has 0 bridgehead atoms. The predicted octanol–water partition coefficient (Wildman–Crippen LogP) is 1.87. The second-order valence-electron chi connectivity index (χ2n) is 6.54. The van der Waals surface area contributed by atoms with E-state index in [2.05, 4.69) is 47.5 Å². The topological polar surface area (TPSA) is 35.5 Å². The molecule has 2 N–H and O–H groups in total. The average Bonchev–Trinajstić information content (AvgIpc) is 3.01. The molecule has 3 nitrogen and oxygen atoms in total. The van der Waals surface area contributed by atoms with Crippen LogP contribution in [0.3, 0.4) is 0 Å². The van der Waals surface area contributed by atoms with Gasteiger partial charge in [0.25, 0.3) is 0 Å². The Hall–Kier alpha value is -0.900. The minimum absolute atomic E-state index is 0.224. The van der Waals surface area contributed by atoms with Gasteiger partial charge in [-0.05, 0) is 37.2 Å². The number of aliphatic hydroxyl groups is 1. The molecule has 3 heteroatoms. The summed E-state index contributed by atoms with van der Waals surface area (Å²) in [6.07, 6.45) is 2.62. The fourth-order valence-electron chi connectivity index (χ4n) is 3.95. The van der Waals surface area contributed by atoms with Gasteiger partial charge in [0.15, 0.2) is 0 Å². The van der Waals surface area contributed by atoms with Crippen molar-refractivity contribution >= 4 is 0 Å². The maximum absolute atomic E-state index is 9.21. The summed E-state index contributed by atoms with van der Waals surface area (Å²) < 4.78 is 0. The largest absolute Gasteiger partial charge is 0.395 e. The van der Waals surface area contributed by atoms with E-state index in [0.717, 1.165) is 18.4 Å². The molecule has 110 valence electrons. The van der Waals surface area contributed by atoms with Crippen LogP contribution in [0.1, 0.15) is 25.3 Å². The summed E-state index contributed by atoms with van der Waals surface area (Å²) >= 11 is 0. The first-order valence-corrected chi connectivity index (χ1v) is 7.89. The molecule has 3 rings (SSSR count). The number of nitrogens with zero attached hydrogens (tertiary/aromatic N) is 1. The quantitative estimate of drug-likeness (QED) is 0.860. The molecule has 2 fully saturated rings. The van der Waals surface area contributed by atoms with Crippen LogP contribution in [0.2, 0.25) is 0 Å². The van der Waals surface area contributed by atoms with Crippen molar-refractivity contribution < 1.29 is 5.11 Å². The van der Waals surface area contributed by atoms with Gasteiger partial charge in [-0.1, -0.05) is 30.3 Å². The molecule has 20 heavy (non-hydrogen) atoms. The lowest BCUT2D eigenvalue weighted by Crippen LogP contribution is -2.42. The van der Waals surface area contributed by atoms with E-state index < -0.39 is 0 Å². The first kappa shape index (κ1) is 14.1. The zero-order chi connectivity index (χ0) is 13.9. The number of fused-ring (bicyclic) bond motifs is 1. The van der Waals surface area contributed by atoms with Crippen LogP contribution in [0.4, 0.5) is 0 Å². The lowest BCUT2D eigenvalue weighted by atomic mass is 9.97. The number of hydrogen-bond acceptors (Lipinski definition) is 3. The first-order valence-electron chi connectivity index (χ1n) is 7.89. The van der Waals surface area contributed by atoms with Gasteiger partial charge in [-0.15, -0.1) is 0 Å². The van der Waals surface area contributed by atoms with Crippen LogP contribution >= 0.6 is 0 Å². The first-order chi connectivity index (χ1) is 9.76. The Morgan fingerprint density at radius 1 is 1.25 bits per heavy atom. The Balaban J connectivity index is 1.56. The SMILES string of the molecule is C[C@H](CO)NC1CCC2CN(Cc3ccccc3)CC21. The molecular weight excluding hydrogens is 248 g/mol. The summed E-state index contributed by atoms with van der Waals surface area (Å²) in [6, 6.07) is 11.6. The number of aliphatic hydroxyl groups excluding tert-OH is 1. The predicted molar refractivity (Wildman–Crippen MR) is 81.4 cm³/mol. The number of hydrogen-bond donors (Lipinski definition) is 2. The molecule has 1 saturated carbocycles. The van der Waals surface area contributed by atoms with Crippen LogP contribution < -0.4 is 5.32 Å². The van der Waals surface area contributed by atoms with Crippen molar-refractivity contribution in [2.45, 2.75) is 38.4 Å².